The Morgan fingerprint density at radius 1 is 0.968 bits per heavy atom. The Morgan fingerprint density at radius 2 is 1.68 bits per heavy atom. The van der Waals surface area contributed by atoms with Crippen molar-refractivity contribution in [2.45, 2.75) is 45.7 Å². The molecule has 0 radical (unpaired) electrons. The first-order chi connectivity index (χ1) is 14.7. The Labute approximate surface area is 179 Å². The van der Waals surface area contributed by atoms with Crippen LogP contribution in [0.1, 0.15) is 46.9 Å². The van der Waals surface area contributed by atoms with Gasteiger partial charge in [-0.15, -0.1) is 0 Å². The smallest absolute Gasteiger partial charge is 0.416 e. The molecule has 0 saturated carbocycles. The number of amides is 1. The lowest BCUT2D eigenvalue weighted by Crippen LogP contribution is -2.29. The molecule has 31 heavy (non-hydrogen) atoms. The lowest BCUT2D eigenvalue weighted by Gasteiger charge is -2.25. The van der Waals surface area contributed by atoms with Gasteiger partial charge in [0.15, 0.2) is 5.76 Å². The van der Waals surface area contributed by atoms with E-state index in [1.165, 1.54) is 17.7 Å². The zero-order valence-electron chi connectivity index (χ0n) is 17.4. The van der Waals surface area contributed by atoms with Crippen LogP contribution in [0.5, 0.6) is 0 Å². The maximum absolute atomic E-state index is 12.8. The van der Waals surface area contributed by atoms with Crippen molar-refractivity contribution in [3.63, 3.8) is 0 Å². The molecule has 0 aliphatic heterocycles. The molecule has 0 bridgehead atoms. The number of nitrogens with zero attached hydrogens (tertiary/aromatic N) is 1. The average molecular weight is 430 g/mol. The van der Waals surface area contributed by atoms with Gasteiger partial charge >= 0.3 is 6.18 Å². The zero-order chi connectivity index (χ0) is 22.4. The molecule has 2 aromatic carbocycles. The molecule has 3 aromatic rings. The van der Waals surface area contributed by atoms with Crippen LogP contribution in [0.3, 0.4) is 0 Å². The highest BCUT2D eigenvalue weighted by molar-refractivity contribution is 5.91. The van der Waals surface area contributed by atoms with E-state index in [0.717, 1.165) is 18.7 Å². The second-order valence-corrected chi connectivity index (χ2v) is 7.63. The van der Waals surface area contributed by atoms with Crippen LogP contribution in [0.4, 0.5) is 13.2 Å². The second kappa shape index (κ2) is 9.83. The maximum Gasteiger partial charge on any atom is 0.416 e. The Balaban J connectivity index is 1.60. The molecule has 1 amide bonds. The van der Waals surface area contributed by atoms with E-state index in [2.05, 4.69) is 36.2 Å². The molecule has 0 spiro atoms. The molecule has 0 aliphatic rings. The first kappa shape index (κ1) is 22.6. The van der Waals surface area contributed by atoms with Crippen molar-refractivity contribution >= 4 is 5.91 Å². The van der Waals surface area contributed by atoms with Crippen LogP contribution in [0.25, 0.3) is 0 Å². The fourth-order valence-electron chi connectivity index (χ4n) is 3.15. The number of benzene rings is 2. The van der Waals surface area contributed by atoms with Crippen LogP contribution in [0.2, 0.25) is 0 Å². The molecule has 4 nitrogen and oxygen atoms in total. The van der Waals surface area contributed by atoms with Crippen molar-refractivity contribution in [3.8, 4) is 0 Å². The highest BCUT2D eigenvalue weighted by Gasteiger charge is 2.30. The van der Waals surface area contributed by atoms with Crippen molar-refractivity contribution in [3.05, 3.63) is 94.9 Å². The van der Waals surface area contributed by atoms with Gasteiger partial charge in [-0.3, -0.25) is 9.69 Å². The van der Waals surface area contributed by atoms with Gasteiger partial charge in [-0.2, -0.15) is 13.2 Å². The van der Waals surface area contributed by atoms with Crippen LogP contribution >= 0.6 is 0 Å². The van der Waals surface area contributed by atoms with Crippen molar-refractivity contribution in [2.24, 2.45) is 0 Å². The van der Waals surface area contributed by atoms with E-state index in [-0.39, 0.29) is 18.3 Å². The summed E-state index contributed by atoms with van der Waals surface area (Å²) in [7, 11) is 0. The number of furan rings is 1. The summed E-state index contributed by atoms with van der Waals surface area (Å²) in [5.74, 6) is 0.307. The van der Waals surface area contributed by atoms with Gasteiger partial charge in [-0.1, -0.05) is 42.5 Å². The predicted molar refractivity (Wildman–Crippen MR) is 112 cm³/mol. The molecule has 1 aromatic heterocycles. The Kier molecular flexibility index (Phi) is 7.17. The summed E-state index contributed by atoms with van der Waals surface area (Å²) in [6.07, 6.45) is -4.42. The lowest BCUT2D eigenvalue weighted by atomic mass is 10.1. The van der Waals surface area contributed by atoms with Crippen LogP contribution in [-0.2, 0) is 25.8 Å². The van der Waals surface area contributed by atoms with Gasteiger partial charge in [-0.25, -0.2) is 0 Å². The Morgan fingerprint density at radius 3 is 2.35 bits per heavy atom. The summed E-state index contributed by atoms with van der Waals surface area (Å²) < 4.78 is 44.2. The molecule has 1 heterocycles. The van der Waals surface area contributed by atoms with Gasteiger partial charge < -0.3 is 9.73 Å². The SMILES string of the molecule is CC(C)N(Cc1ccccc1)Cc1ccc(C(=O)NCc2cccc(C(F)(F)F)c2)o1. The minimum absolute atomic E-state index is 0.0229. The molecule has 3 rings (SSSR count). The molecular weight excluding hydrogens is 405 g/mol. The quantitative estimate of drug-likeness (QED) is 0.503. The molecule has 1 N–H and O–H groups in total. The average Bonchev–Trinajstić information content (AvgIpc) is 3.20. The highest BCUT2D eigenvalue weighted by atomic mass is 19.4. The largest absolute Gasteiger partial charge is 0.455 e. The Bertz CT molecular complexity index is 997. The van der Waals surface area contributed by atoms with E-state index in [1.54, 1.807) is 12.1 Å². The maximum atomic E-state index is 12.8. The summed E-state index contributed by atoms with van der Waals surface area (Å²) in [5, 5.41) is 2.61. The first-order valence-electron chi connectivity index (χ1n) is 10.0. The topological polar surface area (TPSA) is 45.5 Å². The van der Waals surface area contributed by atoms with Gasteiger partial charge in [0, 0.05) is 19.1 Å². The lowest BCUT2D eigenvalue weighted by molar-refractivity contribution is -0.137. The van der Waals surface area contributed by atoms with E-state index in [1.807, 2.05) is 18.2 Å². The molecule has 164 valence electrons. The number of halogens is 3. The number of hydrogen-bond donors (Lipinski definition) is 1. The molecule has 0 fully saturated rings. The van der Waals surface area contributed by atoms with Gasteiger partial charge in [-0.05, 0) is 49.2 Å². The standard InChI is InChI=1S/C24H25F3N2O2/c1-17(2)29(15-18-7-4-3-5-8-18)16-21-11-12-22(31-21)23(30)28-14-19-9-6-10-20(13-19)24(25,26)27/h3-13,17H,14-16H2,1-2H3,(H,28,30). The van der Waals surface area contributed by atoms with Crippen LogP contribution in [0, 0.1) is 0 Å². The van der Waals surface area contributed by atoms with Crippen LogP contribution in [0.15, 0.2) is 71.1 Å². The third-order valence-electron chi connectivity index (χ3n) is 4.91. The number of rotatable bonds is 8. The van der Waals surface area contributed by atoms with Crippen molar-refractivity contribution in [1.29, 1.82) is 0 Å². The molecular formula is C24H25F3N2O2. The molecule has 0 saturated heterocycles. The summed E-state index contributed by atoms with van der Waals surface area (Å²) >= 11 is 0. The minimum atomic E-state index is -4.42. The summed E-state index contributed by atoms with van der Waals surface area (Å²) in [4.78, 5) is 14.6. The molecule has 0 unspecified atom stereocenters. The van der Waals surface area contributed by atoms with Gasteiger partial charge in [0.05, 0.1) is 12.1 Å². The third kappa shape index (κ3) is 6.46. The van der Waals surface area contributed by atoms with Crippen molar-refractivity contribution in [2.75, 3.05) is 0 Å². The van der Waals surface area contributed by atoms with Crippen molar-refractivity contribution < 1.29 is 22.4 Å². The number of carbonyl (C=O) groups excluding carboxylic acids is 1. The van der Waals surface area contributed by atoms with Gasteiger partial charge in [0.25, 0.3) is 5.91 Å². The zero-order valence-corrected chi connectivity index (χ0v) is 17.4. The van der Waals surface area contributed by atoms with E-state index >= 15 is 0 Å². The molecule has 0 atom stereocenters. The van der Waals surface area contributed by atoms with E-state index in [4.69, 9.17) is 4.42 Å². The number of nitrogens with one attached hydrogen (secondary N) is 1. The third-order valence-corrected chi connectivity index (χ3v) is 4.91. The van der Waals surface area contributed by atoms with Crippen LogP contribution in [-0.4, -0.2) is 16.8 Å². The van der Waals surface area contributed by atoms with E-state index in [0.29, 0.717) is 17.9 Å². The highest BCUT2D eigenvalue weighted by Crippen LogP contribution is 2.29. The number of alkyl halides is 3. The minimum Gasteiger partial charge on any atom is -0.455 e. The summed E-state index contributed by atoms with van der Waals surface area (Å²) in [5.41, 5.74) is 0.803. The van der Waals surface area contributed by atoms with Crippen LogP contribution < -0.4 is 5.32 Å². The molecule has 0 aliphatic carbocycles. The predicted octanol–water partition coefficient (Wildman–Crippen LogP) is 5.64. The normalized spacial score (nSPS) is 11.8. The number of carbonyl (C=O) groups is 1. The summed E-state index contributed by atoms with van der Waals surface area (Å²) in [6.45, 7) is 5.44. The fourth-order valence-corrected chi connectivity index (χ4v) is 3.15. The number of hydrogen-bond acceptors (Lipinski definition) is 3. The fraction of sp³-hybridized carbons (Fsp3) is 0.292. The van der Waals surface area contributed by atoms with Gasteiger partial charge in [0.1, 0.15) is 5.76 Å². The van der Waals surface area contributed by atoms with E-state index < -0.39 is 17.6 Å². The second-order valence-electron chi connectivity index (χ2n) is 7.63. The first-order valence-corrected chi connectivity index (χ1v) is 10.0. The Hall–Kier alpha value is -3.06. The monoisotopic (exact) mass is 430 g/mol. The molecule has 7 heteroatoms. The van der Waals surface area contributed by atoms with E-state index in [9.17, 15) is 18.0 Å². The van der Waals surface area contributed by atoms with Gasteiger partial charge in [0.2, 0.25) is 0 Å². The summed E-state index contributed by atoms with van der Waals surface area (Å²) in [6, 6.07) is 18.6. The van der Waals surface area contributed by atoms with Crippen molar-refractivity contribution in [1.82, 2.24) is 10.2 Å².